The van der Waals surface area contributed by atoms with Gasteiger partial charge in [-0.1, -0.05) is 24.3 Å². The summed E-state index contributed by atoms with van der Waals surface area (Å²) in [5, 5.41) is 3.41. The molecule has 2 aromatic rings. The van der Waals surface area contributed by atoms with Crippen molar-refractivity contribution >= 4 is 5.69 Å². The molecule has 0 saturated heterocycles. The molecule has 2 heteroatoms. The quantitative estimate of drug-likeness (QED) is 0.812. The van der Waals surface area contributed by atoms with E-state index in [2.05, 4.69) is 63.3 Å². The summed E-state index contributed by atoms with van der Waals surface area (Å²) >= 11 is 0. The van der Waals surface area contributed by atoms with Crippen LogP contribution in [0.15, 0.2) is 36.4 Å². The molecule has 0 aliphatic carbocycles. The van der Waals surface area contributed by atoms with Crippen LogP contribution in [0.4, 0.5) is 5.69 Å². The van der Waals surface area contributed by atoms with Crippen molar-refractivity contribution in [2.24, 2.45) is 0 Å². The number of anilines is 1. The van der Waals surface area contributed by atoms with Gasteiger partial charge in [0, 0.05) is 12.2 Å². The van der Waals surface area contributed by atoms with E-state index in [0.717, 1.165) is 12.3 Å². The van der Waals surface area contributed by atoms with Crippen molar-refractivity contribution in [1.82, 2.24) is 0 Å². The number of aryl methyl sites for hydroxylation is 3. The van der Waals surface area contributed by atoms with Gasteiger partial charge in [0.1, 0.15) is 12.4 Å². The van der Waals surface area contributed by atoms with E-state index in [1.165, 1.54) is 27.9 Å². The van der Waals surface area contributed by atoms with Crippen molar-refractivity contribution in [2.75, 3.05) is 18.5 Å². The first kappa shape index (κ1) is 14.4. The molecular weight excluding hydrogens is 246 g/mol. The average molecular weight is 269 g/mol. The maximum Gasteiger partial charge on any atom is 0.122 e. The molecule has 0 fully saturated rings. The van der Waals surface area contributed by atoms with Crippen molar-refractivity contribution in [1.29, 1.82) is 0 Å². The van der Waals surface area contributed by atoms with Crippen LogP contribution in [0.1, 0.15) is 22.3 Å². The lowest BCUT2D eigenvalue weighted by molar-refractivity contribution is 0.330. The predicted molar refractivity (Wildman–Crippen MR) is 85.8 cm³/mol. The molecular formula is C18H23NO. The van der Waals surface area contributed by atoms with Crippen molar-refractivity contribution in [3.63, 3.8) is 0 Å². The molecule has 1 N–H and O–H groups in total. The lowest BCUT2D eigenvalue weighted by Crippen LogP contribution is -2.12. The van der Waals surface area contributed by atoms with Gasteiger partial charge in [0.2, 0.25) is 0 Å². The van der Waals surface area contributed by atoms with E-state index in [0.29, 0.717) is 6.61 Å². The zero-order valence-electron chi connectivity index (χ0n) is 12.8. The molecule has 0 spiro atoms. The van der Waals surface area contributed by atoms with E-state index in [9.17, 15) is 0 Å². The summed E-state index contributed by atoms with van der Waals surface area (Å²) < 4.78 is 5.90. The SMILES string of the molecule is Cc1cc(C)c(C)c(OCCNc2ccccc2C)c1. The molecule has 0 aliphatic heterocycles. The largest absolute Gasteiger partial charge is 0.491 e. The van der Waals surface area contributed by atoms with Crippen LogP contribution >= 0.6 is 0 Å². The summed E-state index contributed by atoms with van der Waals surface area (Å²) in [5.41, 5.74) is 6.19. The standard InChI is InChI=1S/C18H23NO/c1-13-11-15(3)16(4)18(12-13)20-10-9-19-17-8-6-5-7-14(17)2/h5-8,11-12,19H,9-10H2,1-4H3. The van der Waals surface area contributed by atoms with Crippen LogP contribution in [0.5, 0.6) is 5.75 Å². The van der Waals surface area contributed by atoms with Gasteiger partial charge >= 0.3 is 0 Å². The number of hydrogen-bond donors (Lipinski definition) is 1. The van der Waals surface area contributed by atoms with Gasteiger partial charge in [-0.2, -0.15) is 0 Å². The van der Waals surface area contributed by atoms with Crippen LogP contribution in [0.3, 0.4) is 0 Å². The second-order valence-corrected chi connectivity index (χ2v) is 5.30. The maximum atomic E-state index is 5.90. The Bertz CT molecular complexity index is 590. The summed E-state index contributed by atoms with van der Waals surface area (Å²) in [6.07, 6.45) is 0. The van der Waals surface area contributed by atoms with Gasteiger partial charge in [-0.25, -0.2) is 0 Å². The molecule has 20 heavy (non-hydrogen) atoms. The van der Waals surface area contributed by atoms with Crippen LogP contribution in [0, 0.1) is 27.7 Å². The highest BCUT2D eigenvalue weighted by atomic mass is 16.5. The molecule has 0 bridgehead atoms. The number of para-hydroxylation sites is 1. The van der Waals surface area contributed by atoms with Crippen molar-refractivity contribution in [3.05, 3.63) is 58.7 Å². The molecule has 0 saturated carbocycles. The first-order valence-corrected chi connectivity index (χ1v) is 7.08. The van der Waals surface area contributed by atoms with Gasteiger partial charge in [0.25, 0.3) is 0 Å². The van der Waals surface area contributed by atoms with E-state index in [-0.39, 0.29) is 0 Å². The highest BCUT2D eigenvalue weighted by Gasteiger charge is 2.03. The van der Waals surface area contributed by atoms with Crippen LogP contribution in [0.2, 0.25) is 0 Å². The Labute approximate surface area is 121 Å². The topological polar surface area (TPSA) is 21.3 Å². The van der Waals surface area contributed by atoms with Gasteiger partial charge in [-0.15, -0.1) is 0 Å². The van der Waals surface area contributed by atoms with Crippen LogP contribution in [0.25, 0.3) is 0 Å². The third-order valence-electron chi connectivity index (χ3n) is 3.58. The van der Waals surface area contributed by atoms with E-state index in [1.807, 2.05) is 6.07 Å². The minimum atomic E-state index is 0.665. The highest BCUT2D eigenvalue weighted by molar-refractivity contribution is 5.50. The summed E-state index contributed by atoms with van der Waals surface area (Å²) in [4.78, 5) is 0. The Morgan fingerprint density at radius 1 is 0.950 bits per heavy atom. The summed E-state index contributed by atoms with van der Waals surface area (Å²) in [6.45, 7) is 9.91. The van der Waals surface area contributed by atoms with Gasteiger partial charge in [0.15, 0.2) is 0 Å². The van der Waals surface area contributed by atoms with Crippen LogP contribution in [-0.2, 0) is 0 Å². The van der Waals surface area contributed by atoms with E-state index < -0.39 is 0 Å². The summed E-state index contributed by atoms with van der Waals surface area (Å²) in [6, 6.07) is 12.6. The fraction of sp³-hybridized carbons (Fsp3) is 0.333. The second-order valence-electron chi connectivity index (χ2n) is 5.30. The fourth-order valence-electron chi connectivity index (χ4n) is 2.27. The van der Waals surface area contributed by atoms with Gasteiger partial charge < -0.3 is 10.1 Å². The monoisotopic (exact) mass is 269 g/mol. The molecule has 0 radical (unpaired) electrons. The normalized spacial score (nSPS) is 10.4. The van der Waals surface area contributed by atoms with Crippen molar-refractivity contribution in [2.45, 2.75) is 27.7 Å². The predicted octanol–water partition coefficient (Wildman–Crippen LogP) is 4.41. The Morgan fingerprint density at radius 2 is 1.70 bits per heavy atom. The van der Waals surface area contributed by atoms with Gasteiger partial charge in [0.05, 0.1) is 0 Å². The first-order valence-electron chi connectivity index (χ1n) is 7.08. The van der Waals surface area contributed by atoms with Crippen LogP contribution < -0.4 is 10.1 Å². The molecule has 106 valence electrons. The Balaban J connectivity index is 1.89. The molecule has 2 aromatic carbocycles. The summed E-state index contributed by atoms with van der Waals surface area (Å²) in [7, 11) is 0. The molecule has 2 rings (SSSR count). The smallest absolute Gasteiger partial charge is 0.122 e. The van der Waals surface area contributed by atoms with E-state index >= 15 is 0 Å². The zero-order chi connectivity index (χ0) is 14.5. The number of benzene rings is 2. The maximum absolute atomic E-state index is 5.90. The molecule has 0 amide bonds. The number of rotatable bonds is 5. The minimum absolute atomic E-state index is 0.665. The third kappa shape index (κ3) is 3.53. The van der Waals surface area contributed by atoms with Gasteiger partial charge in [-0.3, -0.25) is 0 Å². The molecule has 2 nitrogen and oxygen atoms in total. The van der Waals surface area contributed by atoms with E-state index in [1.54, 1.807) is 0 Å². The van der Waals surface area contributed by atoms with Gasteiger partial charge in [-0.05, 0) is 62.1 Å². The molecule has 0 heterocycles. The van der Waals surface area contributed by atoms with E-state index in [4.69, 9.17) is 4.74 Å². The Kier molecular flexibility index (Phi) is 4.67. The Morgan fingerprint density at radius 3 is 2.45 bits per heavy atom. The second kappa shape index (κ2) is 6.47. The molecule has 0 atom stereocenters. The van der Waals surface area contributed by atoms with Crippen LogP contribution in [-0.4, -0.2) is 13.2 Å². The number of hydrogen-bond acceptors (Lipinski definition) is 2. The Hall–Kier alpha value is -1.96. The average Bonchev–Trinajstić information content (AvgIpc) is 2.41. The lowest BCUT2D eigenvalue weighted by Gasteiger charge is -2.14. The molecule has 0 unspecified atom stereocenters. The van der Waals surface area contributed by atoms with Crippen molar-refractivity contribution < 1.29 is 4.74 Å². The molecule has 0 aliphatic rings. The highest BCUT2D eigenvalue weighted by Crippen LogP contribution is 2.23. The fourth-order valence-corrected chi connectivity index (χ4v) is 2.27. The third-order valence-corrected chi connectivity index (χ3v) is 3.58. The first-order chi connectivity index (χ1) is 9.58. The number of ether oxygens (including phenoxy) is 1. The summed E-state index contributed by atoms with van der Waals surface area (Å²) in [5.74, 6) is 0.995. The van der Waals surface area contributed by atoms with Crippen molar-refractivity contribution in [3.8, 4) is 5.75 Å². The minimum Gasteiger partial charge on any atom is -0.491 e. The number of nitrogens with one attached hydrogen (secondary N) is 1. The molecule has 0 aromatic heterocycles. The zero-order valence-corrected chi connectivity index (χ0v) is 12.8. The lowest BCUT2D eigenvalue weighted by atomic mass is 10.1.